The van der Waals surface area contributed by atoms with E-state index >= 15 is 0 Å². The monoisotopic (exact) mass is 212 g/mol. The summed E-state index contributed by atoms with van der Waals surface area (Å²) in [5.41, 5.74) is 7.53. The molecule has 0 bridgehead atoms. The summed E-state index contributed by atoms with van der Waals surface area (Å²) in [6.45, 7) is 2.49. The van der Waals surface area contributed by atoms with E-state index in [2.05, 4.69) is 11.1 Å². The van der Waals surface area contributed by atoms with Gasteiger partial charge in [-0.15, -0.1) is 11.3 Å². The molecule has 13 heavy (non-hydrogen) atoms. The quantitative estimate of drug-likeness (QED) is 0.790. The van der Waals surface area contributed by atoms with Crippen LogP contribution in [0, 0.1) is 6.92 Å². The number of halogens is 1. The van der Waals surface area contributed by atoms with Gasteiger partial charge < -0.3 is 5.73 Å². The third kappa shape index (κ3) is 1.55. The van der Waals surface area contributed by atoms with Crippen LogP contribution in [-0.4, -0.2) is 4.98 Å². The molecule has 2 aromatic rings. The van der Waals surface area contributed by atoms with Crippen LogP contribution in [0.25, 0.3) is 10.2 Å². The molecule has 4 heteroatoms. The van der Waals surface area contributed by atoms with Gasteiger partial charge in [0.1, 0.15) is 5.01 Å². The molecule has 0 saturated carbocycles. The third-order valence-corrected chi connectivity index (χ3v) is 3.34. The number of hydrogen-bond donors (Lipinski definition) is 1. The Bertz CT molecular complexity index is 411. The second-order valence-corrected chi connectivity index (χ2v) is 4.40. The summed E-state index contributed by atoms with van der Waals surface area (Å²) in [6.07, 6.45) is 0. The Balaban J connectivity index is 2.70. The van der Waals surface area contributed by atoms with Crippen LogP contribution < -0.4 is 5.73 Å². The van der Waals surface area contributed by atoms with Crippen molar-refractivity contribution < 1.29 is 0 Å². The van der Waals surface area contributed by atoms with Crippen molar-refractivity contribution in [2.45, 2.75) is 13.5 Å². The summed E-state index contributed by atoms with van der Waals surface area (Å²) >= 11 is 7.60. The van der Waals surface area contributed by atoms with Crippen molar-refractivity contribution in [1.82, 2.24) is 4.98 Å². The highest BCUT2D eigenvalue weighted by molar-refractivity contribution is 7.18. The molecular formula is C9H9ClN2S. The Hall–Kier alpha value is -0.640. The van der Waals surface area contributed by atoms with Gasteiger partial charge in [0.2, 0.25) is 0 Å². The van der Waals surface area contributed by atoms with Crippen molar-refractivity contribution in [2.75, 3.05) is 0 Å². The number of nitrogens with two attached hydrogens (primary N) is 1. The van der Waals surface area contributed by atoms with E-state index < -0.39 is 0 Å². The van der Waals surface area contributed by atoms with E-state index in [0.29, 0.717) is 6.54 Å². The van der Waals surface area contributed by atoms with Crippen molar-refractivity contribution in [1.29, 1.82) is 0 Å². The van der Waals surface area contributed by atoms with Crippen LogP contribution in [0.5, 0.6) is 0 Å². The number of thiazole rings is 1. The molecule has 0 spiro atoms. The molecule has 0 amide bonds. The van der Waals surface area contributed by atoms with Crippen LogP contribution in [0.4, 0.5) is 0 Å². The summed E-state index contributed by atoms with van der Waals surface area (Å²) in [7, 11) is 0. The molecule has 0 saturated heterocycles. The van der Waals surface area contributed by atoms with Gasteiger partial charge in [-0.05, 0) is 24.6 Å². The minimum absolute atomic E-state index is 0.496. The van der Waals surface area contributed by atoms with Gasteiger partial charge in [0.25, 0.3) is 0 Å². The molecule has 0 radical (unpaired) electrons. The Labute approximate surface area is 85.3 Å². The van der Waals surface area contributed by atoms with E-state index in [1.54, 1.807) is 11.3 Å². The Kier molecular flexibility index (Phi) is 2.24. The molecular weight excluding hydrogens is 204 g/mol. The summed E-state index contributed by atoms with van der Waals surface area (Å²) in [4.78, 5) is 4.34. The van der Waals surface area contributed by atoms with Crippen molar-refractivity contribution in [3.05, 3.63) is 27.7 Å². The Morgan fingerprint density at radius 1 is 1.54 bits per heavy atom. The van der Waals surface area contributed by atoms with Gasteiger partial charge in [-0.25, -0.2) is 4.98 Å². The largest absolute Gasteiger partial charge is 0.325 e. The molecule has 2 N–H and O–H groups in total. The molecule has 1 heterocycles. The maximum absolute atomic E-state index is 5.97. The van der Waals surface area contributed by atoms with E-state index in [-0.39, 0.29) is 0 Å². The average Bonchev–Trinajstić information content (AvgIpc) is 2.48. The summed E-state index contributed by atoms with van der Waals surface area (Å²) in [5.74, 6) is 0. The first-order chi connectivity index (χ1) is 6.20. The summed E-state index contributed by atoms with van der Waals surface area (Å²) in [6, 6.07) is 3.94. The SMILES string of the molecule is Cc1cc2sc(CN)nc2cc1Cl. The topological polar surface area (TPSA) is 38.9 Å². The zero-order valence-electron chi connectivity index (χ0n) is 7.17. The fraction of sp³-hybridized carbons (Fsp3) is 0.222. The zero-order chi connectivity index (χ0) is 9.42. The van der Waals surface area contributed by atoms with Gasteiger partial charge in [0.05, 0.1) is 10.2 Å². The molecule has 0 atom stereocenters. The molecule has 2 rings (SSSR count). The lowest BCUT2D eigenvalue weighted by atomic mass is 10.2. The maximum Gasteiger partial charge on any atom is 0.107 e. The minimum atomic E-state index is 0.496. The van der Waals surface area contributed by atoms with Crippen molar-refractivity contribution in [3.63, 3.8) is 0 Å². The molecule has 0 fully saturated rings. The van der Waals surface area contributed by atoms with Gasteiger partial charge in [-0.2, -0.15) is 0 Å². The number of nitrogens with zero attached hydrogens (tertiary/aromatic N) is 1. The first-order valence-corrected chi connectivity index (χ1v) is 5.16. The molecule has 1 aromatic carbocycles. The van der Waals surface area contributed by atoms with Gasteiger partial charge >= 0.3 is 0 Å². The fourth-order valence-electron chi connectivity index (χ4n) is 1.19. The van der Waals surface area contributed by atoms with Crippen LogP contribution in [-0.2, 0) is 6.54 Å². The summed E-state index contributed by atoms with van der Waals surface area (Å²) in [5, 5.41) is 1.72. The van der Waals surface area contributed by atoms with E-state index in [9.17, 15) is 0 Å². The normalized spacial score (nSPS) is 11.0. The molecule has 0 aliphatic rings. The van der Waals surface area contributed by atoms with Crippen molar-refractivity contribution in [2.24, 2.45) is 5.73 Å². The smallest absolute Gasteiger partial charge is 0.107 e. The molecule has 2 nitrogen and oxygen atoms in total. The minimum Gasteiger partial charge on any atom is -0.325 e. The van der Waals surface area contributed by atoms with E-state index in [1.165, 1.54) is 0 Å². The van der Waals surface area contributed by atoms with Crippen molar-refractivity contribution >= 4 is 33.2 Å². The summed E-state index contributed by atoms with van der Waals surface area (Å²) < 4.78 is 1.15. The predicted molar refractivity (Wildman–Crippen MR) is 57.3 cm³/mol. The maximum atomic E-state index is 5.97. The van der Waals surface area contributed by atoms with E-state index in [1.807, 2.05) is 13.0 Å². The van der Waals surface area contributed by atoms with Gasteiger partial charge in [-0.3, -0.25) is 0 Å². The standard InChI is InChI=1S/C9H9ClN2S/c1-5-2-8-7(3-6(5)10)12-9(4-11)13-8/h2-3H,4,11H2,1H3. The van der Waals surface area contributed by atoms with Gasteiger partial charge in [-0.1, -0.05) is 11.6 Å². The number of aryl methyl sites for hydroxylation is 1. The number of rotatable bonds is 1. The molecule has 0 aliphatic carbocycles. The highest BCUT2D eigenvalue weighted by atomic mass is 35.5. The molecule has 68 valence electrons. The highest BCUT2D eigenvalue weighted by Crippen LogP contribution is 2.27. The number of fused-ring (bicyclic) bond motifs is 1. The predicted octanol–water partition coefficient (Wildman–Crippen LogP) is 2.72. The molecule has 0 aliphatic heterocycles. The Morgan fingerprint density at radius 3 is 3.00 bits per heavy atom. The average molecular weight is 213 g/mol. The zero-order valence-corrected chi connectivity index (χ0v) is 8.75. The number of benzene rings is 1. The van der Waals surface area contributed by atoms with Crippen LogP contribution >= 0.6 is 22.9 Å². The Morgan fingerprint density at radius 2 is 2.31 bits per heavy atom. The molecule has 1 aromatic heterocycles. The lowest BCUT2D eigenvalue weighted by Gasteiger charge is -1.94. The van der Waals surface area contributed by atoms with Crippen LogP contribution in [0.3, 0.4) is 0 Å². The fourth-order valence-corrected chi connectivity index (χ4v) is 2.27. The number of hydrogen-bond acceptors (Lipinski definition) is 3. The second-order valence-electron chi connectivity index (χ2n) is 2.88. The number of aromatic nitrogens is 1. The molecule has 0 unspecified atom stereocenters. The highest BCUT2D eigenvalue weighted by Gasteiger charge is 2.04. The third-order valence-electron chi connectivity index (χ3n) is 1.89. The van der Waals surface area contributed by atoms with E-state index in [4.69, 9.17) is 17.3 Å². The van der Waals surface area contributed by atoms with Crippen LogP contribution in [0.15, 0.2) is 12.1 Å². The lowest BCUT2D eigenvalue weighted by molar-refractivity contribution is 1.05. The van der Waals surface area contributed by atoms with Gasteiger partial charge in [0, 0.05) is 11.6 Å². The van der Waals surface area contributed by atoms with Gasteiger partial charge in [0.15, 0.2) is 0 Å². The lowest BCUT2D eigenvalue weighted by Crippen LogP contribution is -1.93. The van der Waals surface area contributed by atoms with Crippen LogP contribution in [0.1, 0.15) is 10.6 Å². The second kappa shape index (κ2) is 3.25. The first-order valence-electron chi connectivity index (χ1n) is 3.96. The van der Waals surface area contributed by atoms with Crippen LogP contribution in [0.2, 0.25) is 5.02 Å². The van der Waals surface area contributed by atoms with E-state index in [0.717, 1.165) is 25.8 Å². The first kappa shape index (κ1) is 8.94. The van der Waals surface area contributed by atoms with Crippen molar-refractivity contribution in [3.8, 4) is 0 Å².